The highest BCUT2D eigenvalue weighted by Gasteiger charge is 2.39. The summed E-state index contributed by atoms with van der Waals surface area (Å²) in [6, 6.07) is 15.9. The second-order valence-electron chi connectivity index (χ2n) is 7.84. The van der Waals surface area contributed by atoms with Crippen LogP contribution < -0.4 is 14.8 Å². The zero-order valence-electron chi connectivity index (χ0n) is 17.3. The highest BCUT2D eigenvalue weighted by atomic mass is 35.5. The van der Waals surface area contributed by atoms with Gasteiger partial charge in [0.25, 0.3) is 0 Å². The third-order valence-electron chi connectivity index (χ3n) is 6.10. The summed E-state index contributed by atoms with van der Waals surface area (Å²) in [6.07, 6.45) is 1.33. The molecule has 1 N–H and O–H groups in total. The van der Waals surface area contributed by atoms with Gasteiger partial charge in [0.2, 0.25) is 0 Å². The molecular weight excluding hydrogens is 430 g/mol. The Morgan fingerprint density at radius 2 is 1.77 bits per heavy atom. The number of thiophene rings is 1. The molecule has 2 atom stereocenters. The minimum atomic E-state index is -0.180. The van der Waals surface area contributed by atoms with Gasteiger partial charge in [0, 0.05) is 51.2 Å². The second kappa shape index (κ2) is 8.06. The SMILES string of the molecule is COc1cc2c(cc1OC)[C@@H](c1ccc(Cl)cc1)C1=C(C[C@@H](c3cccs3)CC1=O)N2. The largest absolute Gasteiger partial charge is 0.493 e. The number of allylic oxidation sites excluding steroid dienone is 2. The molecule has 6 heteroatoms. The number of ether oxygens (including phenoxy) is 2. The van der Waals surface area contributed by atoms with E-state index in [4.69, 9.17) is 21.1 Å². The Bertz CT molecular complexity index is 1170. The normalized spacial score (nSPS) is 20.0. The molecule has 0 unspecified atom stereocenters. The Morgan fingerprint density at radius 3 is 2.45 bits per heavy atom. The molecule has 0 saturated carbocycles. The maximum atomic E-state index is 13.5. The van der Waals surface area contributed by atoms with Gasteiger partial charge in [-0.3, -0.25) is 4.79 Å². The fourth-order valence-electron chi connectivity index (χ4n) is 4.67. The number of rotatable bonds is 4. The van der Waals surface area contributed by atoms with Crippen molar-refractivity contribution in [2.75, 3.05) is 19.5 Å². The Labute approximate surface area is 190 Å². The molecular formula is C25H22ClNO3S. The highest BCUT2D eigenvalue weighted by Crippen LogP contribution is 2.50. The minimum absolute atomic E-state index is 0.180. The van der Waals surface area contributed by atoms with E-state index in [9.17, 15) is 4.79 Å². The molecule has 158 valence electrons. The van der Waals surface area contributed by atoms with Gasteiger partial charge in [-0.15, -0.1) is 11.3 Å². The van der Waals surface area contributed by atoms with Crippen LogP contribution in [0, 0.1) is 0 Å². The van der Waals surface area contributed by atoms with Crippen LogP contribution in [-0.2, 0) is 4.79 Å². The van der Waals surface area contributed by atoms with E-state index in [2.05, 4.69) is 16.8 Å². The van der Waals surface area contributed by atoms with E-state index >= 15 is 0 Å². The number of Topliss-reactive ketones (excluding diaryl/α,β-unsaturated/α-hetero) is 1. The van der Waals surface area contributed by atoms with E-state index < -0.39 is 0 Å². The number of nitrogens with one attached hydrogen (secondary N) is 1. The molecule has 2 heterocycles. The lowest BCUT2D eigenvalue weighted by Crippen LogP contribution is -2.29. The van der Waals surface area contributed by atoms with Crippen molar-refractivity contribution in [3.05, 3.63) is 86.2 Å². The van der Waals surface area contributed by atoms with Crippen molar-refractivity contribution in [1.82, 2.24) is 0 Å². The fraction of sp³-hybridized carbons (Fsp3) is 0.240. The fourth-order valence-corrected chi connectivity index (χ4v) is 5.63. The first-order valence-corrected chi connectivity index (χ1v) is 11.4. The van der Waals surface area contributed by atoms with E-state index in [1.54, 1.807) is 25.6 Å². The van der Waals surface area contributed by atoms with Crippen molar-refractivity contribution >= 4 is 34.4 Å². The molecule has 2 aliphatic rings. The van der Waals surface area contributed by atoms with Crippen LogP contribution in [0.3, 0.4) is 0 Å². The third-order valence-corrected chi connectivity index (χ3v) is 7.38. The van der Waals surface area contributed by atoms with Gasteiger partial charge in [-0.25, -0.2) is 0 Å². The van der Waals surface area contributed by atoms with Gasteiger partial charge in [0.1, 0.15) is 0 Å². The van der Waals surface area contributed by atoms with Crippen LogP contribution in [0.5, 0.6) is 11.5 Å². The summed E-state index contributed by atoms with van der Waals surface area (Å²) in [5.74, 6) is 1.51. The molecule has 0 radical (unpaired) electrons. The van der Waals surface area contributed by atoms with Crippen molar-refractivity contribution in [1.29, 1.82) is 0 Å². The molecule has 2 aromatic carbocycles. The molecule has 0 amide bonds. The van der Waals surface area contributed by atoms with Crippen LogP contribution in [0.2, 0.25) is 5.02 Å². The van der Waals surface area contributed by atoms with Crippen LogP contribution in [0.1, 0.15) is 40.7 Å². The lowest BCUT2D eigenvalue weighted by atomic mass is 9.73. The standard InChI is InChI=1S/C25H22ClNO3S/c1-29-21-12-17-18(13-22(21)30-2)27-19-10-15(23-4-3-9-31-23)11-20(28)25(19)24(17)14-5-7-16(26)8-6-14/h3-9,12-13,15,24,27H,10-11H2,1-2H3/t15-,24-/m1/s1. The topological polar surface area (TPSA) is 47.6 Å². The number of ketones is 1. The van der Waals surface area contributed by atoms with E-state index in [0.29, 0.717) is 22.9 Å². The average molecular weight is 452 g/mol. The first kappa shape index (κ1) is 20.2. The van der Waals surface area contributed by atoms with E-state index in [0.717, 1.165) is 34.5 Å². The summed E-state index contributed by atoms with van der Waals surface area (Å²) in [5, 5.41) is 6.30. The van der Waals surface area contributed by atoms with E-state index in [1.807, 2.05) is 42.5 Å². The zero-order valence-corrected chi connectivity index (χ0v) is 18.8. The maximum Gasteiger partial charge on any atom is 0.162 e. The molecule has 3 aromatic rings. The lowest BCUT2D eigenvalue weighted by molar-refractivity contribution is -0.116. The molecule has 0 fully saturated rings. The quantitative estimate of drug-likeness (QED) is 0.500. The molecule has 31 heavy (non-hydrogen) atoms. The van der Waals surface area contributed by atoms with Gasteiger partial charge in [0.15, 0.2) is 17.3 Å². The summed E-state index contributed by atoms with van der Waals surface area (Å²) >= 11 is 7.87. The summed E-state index contributed by atoms with van der Waals surface area (Å²) in [6.45, 7) is 0. The molecule has 1 aliphatic heterocycles. The van der Waals surface area contributed by atoms with Gasteiger partial charge >= 0.3 is 0 Å². The predicted octanol–water partition coefficient (Wildman–Crippen LogP) is 6.38. The number of carbonyl (C=O) groups excluding carboxylic acids is 1. The summed E-state index contributed by atoms with van der Waals surface area (Å²) < 4.78 is 11.1. The Kier molecular flexibility index (Phi) is 5.24. The summed E-state index contributed by atoms with van der Waals surface area (Å²) in [7, 11) is 3.26. The summed E-state index contributed by atoms with van der Waals surface area (Å²) in [5.41, 5.74) is 4.82. The van der Waals surface area contributed by atoms with Crippen LogP contribution in [0.4, 0.5) is 5.69 Å². The third kappa shape index (κ3) is 3.52. The molecule has 1 aromatic heterocycles. The van der Waals surface area contributed by atoms with Crippen molar-refractivity contribution < 1.29 is 14.3 Å². The minimum Gasteiger partial charge on any atom is -0.493 e. The first-order valence-electron chi connectivity index (χ1n) is 10.2. The number of hydrogen-bond donors (Lipinski definition) is 1. The average Bonchev–Trinajstić information content (AvgIpc) is 3.32. The van der Waals surface area contributed by atoms with Crippen molar-refractivity contribution in [3.8, 4) is 11.5 Å². The monoisotopic (exact) mass is 451 g/mol. The molecule has 4 nitrogen and oxygen atoms in total. The van der Waals surface area contributed by atoms with Gasteiger partial charge in [0.05, 0.1) is 14.2 Å². The number of methoxy groups -OCH3 is 2. The Hall–Kier alpha value is -2.76. The lowest BCUT2D eigenvalue weighted by Gasteiger charge is -2.36. The Balaban J connectivity index is 1.67. The predicted molar refractivity (Wildman–Crippen MR) is 125 cm³/mol. The van der Waals surface area contributed by atoms with Crippen molar-refractivity contribution in [3.63, 3.8) is 0 Å². The molecule has 0 saturated heterocycles. The first-order chi connectivity index (χ1) is 15.1. The van der Waals surface area contributed by atoms with Crippen LogP contribution >= 0.6 is 22.9 Å². The molecule has 1 aliphatic carbocycles. The van der Waals surface area contributed by atoms with Crippen molar-refractivity contribution in [2.24, 2.45) is 0 Å². The van der Waals surface area contributed by atoms with E-state index in [1.165, 1.54) is 4.88 Å². The van der Waals surface area contributed by atoms with Crippen LogP contribution in [-0.4, -0.2) is 20.0 Å². The number of halogens is 1. The van der Waals surface area contributed by atoms with Gasteiger partial charge < -0.3 is 14.8 Å². The molecule has 0 bridgehead atoms. The smallest absolute Gasteiger partial charge is 0.162 e. The van der Waals surface area contributed by atoms with Crippen LogP contribution in [0.15, 0.2) is 65.2 Å². The number of anilines is 1. The molecule has 5 rings (SSSR count). The maximum absolute atomic E-state index is 13.5. The van der Waals surface area contributed by atoms with E-state index in [-0.39, 0.29) is 17.6 Å². The second-order valence-corrected chi connectivity index (χ2v) is 9.26. The van der Waals surface area contributed by atoms with Gasteiger partial charge in [-0.1, -0.05) is 29.8 Å². The van der Waals surface area contributed by atoms with Crippen molar-refractivity contribution in [2.45, 2.75) is 24.7 Å². The highest BCUT2D eigenvalue weighted by molar-refractivity contribution is 7.10. The van der Waals surface area contributed by atoms with Gasteiger partial charge in [-0.2, -0.15) is 0 Å². The number of fused-ring (bicyclic) bond motifs is 1. The number of hydrogen-bond acceptors (Lipinski definition) is 5. The van der Waals surface area contributed by atoms with Crippen LogP contribution in [0.25, 0.3) is 0 Å². The number of benzene rings is 2. The summed E-state index contributed by atoms with van der Waals surface area (Å²) in [4.78, 5) is 14.7. The zero-order chi connectivity index (χ0) is 21.5. The van der Waals surface area contributed by atoms with Gasteiger partial charge in [-0.05, 0) is 47.2 Å². The Morgan fingerprint density at radius 1 is 1.03 bits per heavy atom. The molecule has 0 spiro atoms. The number of carbonyl (C=O) groups is 1.